The standard InChI is InChI=1S/C17H13NO2S/c19-17(13-10-11-21-12-13)18-15-8-4-5-9-16(15)20-14-6-2-1-3-7-14/h1-12H,(H,18,19). The maximum absolute atomic E-state index is 12.1. The van der Waals surface area contributed by atoms with Gasteiger partial charge in [-0.15, -0.1) is 0 Å². The van der Waals surface area contributed by atoms with Crippen molar-refractivity contribution in [1.29, 1.82) is 0 Å². The molecule has 3 nitrogen and oxygen atoms in total. The minimum Gasteiger partial charge on any atom is -0.455 e. The Bertz CT molecular complexity index is 724. The number of anilines is 1. The second-order valence-electron chi connectivity index (χ2n) is 4.38. The van der Waals surface area contributed by atoms with Gasteiger partial charge in [0.05, 0.1) is 11.3 Å². The summed E-state index contributed by atoms with van der Waals surface area (Å²) >= 11 is 1.49. The SMILES string of the molecule is O=C(Nc1ccccc1Oc1ccccc1)c1ccsc1. The first-order valence-electron chi connectivity index (χ1n) is 6.48. The Labute approximate surface area is 126 Å². The van der Waals surface area contributed by atoms with Crippen molar-refractivity contribution < 1.29 is 9.53 Å². The molecule has 1 heterocycles. The molecule has 3 rings (SSSR count). The van der Waals surface area contributed by atoms with Crippen molar-refractivity contribution in [3.8, 4) is 11.5 Å². The lowest BCUT2D eigenvalue weighted by molar-refractivity contribution is 0.102. The molecule has 0 saturated carbocycles. The smallest absolute Gasteiger partial charge is 0.256 e. The second kappa shape index (κ2) is 6.24. The summed E-state index contributed by atoms with van der Waals surface area (Å²) in [6, 6.07) is 18.7. The number of rotatable bonds is 4. The van der Waals surface area contributed by atoms with Gasteiger partial charge in [0, 0.05) is 5.38 Å². The molecule has 0 spiro atoms. The van der Waals surface area contributed by atoms with Gasteiger partial charge in [0.2, 0.25) is 0 Å². The monoisotopic (exact) mass is 295 g/mol. The molecular weight excluding hydrogens is 282 g/mol. The quantitative estimate of drug-likeness (QED) is 0.751. The zero-order valence-electron chi connectivity index (χ0n) is 11.2. The molecule has 1 aromatic heterocycles. The van der Waals surface area contributed by atoms with E-state index in [1.54, 1.807) is 6.07 Å². The second-order valence-corrected chi connectivity index (χ2v) is 5.16. The van der Waals surface area contributed by atoms with Gasteiger partial charge in [-0.2, -0.15) is 11.3 Å². The normalized spacial score (nSPS) is 10.1. The Balaban J connectivity index is 1.81. The molecule has 0 bridgehead atoms. The summed E-state index contributed by atoms with van der Waals surface area (Å²) < 4.78 is 5.82. The third-order valence-electron chi connectivity index (χ3n) is 2.89. The Morgan fingerprint density at radius 3 is 2.48 bits per heavy atom. The summed E-state index contributed by atoms with van der Waals surface area (Å²) in [5.41, 5.74) is 1.30. The van der Waals surface area contributed by atoms with Crippen molar-refractivity contribution in [2.75, 3.05) is 5.32 Å². The van der Waals surface area contributed by atoms with E-state index in [-0.39, 0.29) is 5.91 Å². The summed E-state index contributed by atoms with van der Waals surface area (Å²) in [6.45, 7) is 0. The lowest BCUT2D eigenvalue weighted by atomic mass is 10.2. The fourth-order valence-electron chi connectivity index (χ4n) is 1.86. The predicted molar refractivity (Wildman–Crippen MR) is 85.2 cm³/mol. The highest BCUT2D eigenvalue weighted by atomic mass is 32.1. The average molecular weight is 295 g/mol. The number of thiophene rings is 1. The Morgan fingerprint density at radius 2 is 1.71 bits per heavy atom. The van der Waals surface area contributed by atoms with Crippen molar-refractivity contribution in [3.63, 3.8) is 0 Å². The van der Waals surface area contributed by atoms with Crippen LogP contribution in [-0.4, -0.2) is 5.91 Å². The highest BCUT2D eigenvalue weighted by Gasteiger charge is 2.10. The van der Waals surface area contributed by atoms with Crippen LogP contribution >= 0.6 is 11.3 Å². The van der Waals surface area contributed by atoms with Crippen LogP contribution in [0.3, 0.4) is 0 Å². The molecule has 0 aliphatic carbocycles. The molecule has 0 aliphatic heterocycles. The van der Waals surface area contributed by atoms with Crippen molar-refractivity contribution in [1.82, 2.24) is 0 Å². The van der Waals surface area contributed by atoms with E-state index in [2.05, 4.69) is 5.32 Å². The van der Waals surface area contributed by atoms with Gasteiger partial charge in [-0.05, 0) is 35.7 Å². The molecule has 0 aliphatic rings. The number of ether oxygens (including phenoxy) is 1. The van der Waals surface area contributed by atoms with E-state index >= 15 is 0 Å². The third kappa shape index (κ3) is 3.30. The molecule has 0 atom stereocenters. The van der Waals surface area contributed by atoms with Crippen LogP contribution in [0.1, 0.15) is 10.4 Å². The van der Waals surface area contributed by atoms with Crippen LogP contribution in [0.5, 0.6) is 11.5 Å². The van der Waals surface area contributed by atoms with Crippen LogP contribution in [0.15, 0.2) is 71.4 Å². The molecule has 3 aromatic rings. The maximum atomic E-state index is 12.1. The first-order valence-corrected chi connectivity index (χ1v) is 7.43. The summed E-state index contributed by atoms with van der Waals surface area (Å²) in [5, 5.41) is 6.57. The molecule has 21 heavy (non-hydrogen) atoms. The summed E-state index contributed by atoms with van der Waals surface area (Å²) in [6.07, 6.45) is 0. The zero-order valence-corrected chi connectivity index (χ0v) is 12.0. The summed E-state index contributed by atoms with van der Waals surface area (Å²) in [7, 11) is 0. The molecule has 1 amide bonds. The number of hydrogen-bond acceptors (Lipinski definition) is 3. The van der Waals surface area contributed by atoms with Gasteiger partial charge in [0.15, 0.2) is 5.75 Å². The van der Waals surface area contributed by atoms with Gasteiger partial charge in [-0.3, -0.25) is 4.79 Å². The molecule has 104 valence electrons. The Morgan fingerprint density at radius 1 is 0.952 bits per heavy atom. The van der Waals surface area contributed by atoms with Gasteiger partial charge in [-0.25, -0.2) is 0 Å². The van der Waals surface area contributed by atoms with E-state index in [9.17, 15) is 4.79 Å². The molecule has 0 radical (unpaired) electrons. The molecule has 0 saturated heterocycles. The van der Waals surface area contributed by atoms with E-state index in [1.165, 1.54) is 11.3 Å². The number of amides is 1. The highest BCUT2D eigenvalue weighted by molar-refractivity contribution is 7.08. The average Bonchev–Trinajstić information content (AvgIpc) is 3.05. The first-order chi connectivity index (χ1) is 10.3. The van der Waals surface area contributed by atoms with Gasteiger partial charge in [-0.1, -0.05) is 30.3 Å². The molecule has 2 aromatic carbocycles. The van der Waals surface area contributed by atoms with E-state index in [1.807, 2.05) is 65.4 Å². The maximum Gasteiger partial charge on any atom is 0.256 e. The molecular formula is C17H13NO2S. The predicted octanol–water partition coefficient (Wildman–Crippen LogP) is 4.79. The Kier molecular flexibility index (Phi) is 3.98. The number of hydrogen-bond donors (Lipinski definition) is 1. The molecule has 1 N–H and O–H groups in total. The van der Waals surface area contributed by atoms with Crippen molar-refractivity contribution in [2.24, 2.45) is 0 Å². The van der Waals surface area contributed by atoms with Crippen molar-refractivity contribution in [2.45, 2.75) is 0 Å². The van der Waals surface area contributed by atoms with E-state index < -0.39 is 0 Å². The van der Waals surface area contributed by atoms with Crippen LogP contribution < -0.4 is 10.1 Å². The summed E-state index contributed by atoms with van der Waals surface area (Å²) in [5.74, 6) is 1.21. The minimum absolute atomic E-state index is 0.139. The first kappa shape index (κ1) is 13.4. The fraction of sp³-hybridized carbons (Fsp3) is 0. The fourth-order valence-corrected chi connectivity index (χ4v) is 2.50. The van der Waals surface area contributed by atoms with Crippen LogP contribution in [0.2, 0.25) is 0 Å². The van der Waals surface area contributed by atoms with Crippen molar-refractivity contribution in [3.05, 3.63) is 77.0 Å². The number of carbonyl (C=O) groups excluding carboxylic acids is 1. The lowest BCUT2D eigenvalue weighted by Crippen LogP contribution is -2.11. The topological polar surface area (TPSA) is 38.3 Å². The van der Waals surface area contributed by atoms with Crippen LogP contribution in [0, 0.1) is 0 Å². The lowest BCUT2D eigenvalue weighted by Gasteiger charge is -2.11. The van der Waals surface area contributed by atoms with Gasteiger partial charge < -0.3 is 10.1 Å². The van der Waals surface area contributed by atoms with E-state index in [0.29, 0.717) is 17.0 Å². The number of nitrogens with one attached hydrogen (secondary N) is 1. The Hall–Kier alpha value is -2.59. The minimum atomic E-state index is -0.139. The van der Waals surface area contributed by atoms with Gasteiger partial charge >= 0.3 is 0 Å². The van der Waals surface area contributed by atoms with Crippen LogP contribution in [-0.2, 0) is 0 Å². The summed E-state index contributed by atoms with van der Waals surface area (Å²) in [4.78, 5) is 12.1. The molecule has 4 heteroatoms. The zero-order chi connectivity index (χ0) is 14.5. The number of carbonyl (C=O) groups is 1. The van der Waals surface area contributed by atoms with Crippen LogP contribution in [0.25, 0.3) is 0 Å². The van der Waals surface area contributed by atoms with E-state index in [0.717, 1.165) is 5.75 Å². The van der Waals surface area contributed by atoms with Gasteiger partial charge in [0.25, 0.3) is 5.91 Å². The highest BCUT2D eigenvalue weighted by Crippen LogP contribution is 2.29. The third-order valence-corrected chi connectivity index (χ3v) is 3.57. The molecule has 0 fully saturated rings. The molecule has 0 unspecified atom stereocenters. The largest absolute Gasteiger partial charge is 0.455 e. The van der Waals surface area contributed by atoms with E-state index in [4.69, 9.17) is 4.74 Å². The van der Waals surface area contributed by atoms with Gasteiger partial charge in [0.1, 0.15) is 5.75 Å². The van der Waals surface area contributed by atoms with Crippen molar-refractivity contribution >= 4 is 22.9 Å². The number of benzene rings is 2. The number of para-hydroxylation sites is 3. The van der Waals surface area contributed by atoms with Crippen LogP contribution in [0.4, 0.5) is 5.69 Å².